The van der Waals surface area contributed by atoms with Gasteiger partial charge in [0.1, 0.15) is 13.2 Å². The first kappa shape index (κ1) is 12.7. The molecule has 0 bridgehead atoms. The third-order valence-corrected chi connectivity index (χ3v) is 3.29. The van der Waals surface area contributed by atoms with Crippen molar-refractivity contribution in [3.63, 3.8) is 0 Å². The molecule has 3 N–H and O–H groups in total. The van der Waals surface area contributed by atoms with E-state index in [9.17, 15) is 0 Å². The van der Waals surface area contributed by atoms with E-state index >= 15 is 0 Å². The molecule has 0 atom stereocenters. The maximum Gasteiger partial charge on any atom is 0.163 e. The molecule has 0 saturated carbocycles. The third-order valence-electron chi connectivity index (χ3n) is 3.29. The van der Waals surface area contributed by atoms with Gasteiger partial charge in [0.2, 0.25) is 0 Å². The van der Waals surface area contributed by atoms with Gasteiger partial charge in [0.05, 0.1) is 11.4 Å². The summed E-state index contributed by atoms with van der Waals surface area (Å²) < 4.78 is 11.1. The topological polar surface area (TPSA) is 56.5 Å². The van der Waals surface area contributed by atoms with Crippen LogP contribution in [-0.2, 0) is 6.42 Å². The predicted molar refractivity (Wildman–Crippen MR) is 80.5 cm³/mol. The number of nitrogens with two attached hydrogens (primary N) is 1. The Morgan fingerprint density at radius 3 is 2.45 bits per heavy atom. The minimum Gasteiger partial charge on any atom is -0.486 e. The lowest BCUT2D eigenvalue weighted by Gasteiger charge is -2.20. The molecule has 1 aliphatic rings. The number of fused-ring (bicyclic) bond motifs is 1. The summed E-state index contributed by atoms with van der Waals surface area (Å²) in [5.41, 5.74) is 8.90. The second-order valence-electron chi connectivity index (χ2n) is 4.75. The van der Waals surface area contributed by atoms with E-state index in [1.807, 2.05) is 30.3 Å². The zero-order chi connectivity index (χ0) is 13.8. The first-order valence-corrected chi connectivity index (χ1v) is 6.80. The van der Waals surface area contributed by atoms with Crippen LogP contribution in [0.4, 0.5) is 11.4 Å². The van der Waals surface area contributed by atoms with Crippen LogP contribution in [0.1, 0.15) is 5.56 Å². The highest BCUT2D eigenvalue weighted by molar-refractivity contribution is 5.72. The Kier molecular flexibility index (Phi) is 3.63. The summed E-state index contributed by atoms with van der Waals surface area (Å²) >= 11 is 0. The van der Waals surface area contributed by atoms with Gasteiger partial charge in [-0.05, 0) is 12.0 Å². The molecule has 0 unspecified atom stereocenters. The smallest absolute Gasteiger partial charge is 0.163 e. The van der Waals surface area contributed by atoms with Crippen molar-refractivity contribution in [2.24, 2.45) is 0 Å². The number of hydrogen-bond donors (Lipinski definition) is 2. The Morgan fingerprint density at radius 1 is 1.00 bits per heavy atom. The maximum atomic E-state index is 6.03. The second-order valence-corrected chi connectivity index (χ2v) is 4.75. The van der Waals surface area contributed by atoms with Gasteiger partial charge < -0.3 is 20.5 Å². The lowest BCUT2D eigenvalue weighted by Crippen LogP contribution is -2.16. The lowest BCUT2D eigenvalue weighted by atomic mass is 10.1. The van der Waals surface area contributed by atoms with E-state index in [4.69, 9.17) is 15.2 Å². The fourth-order valence-corrected chi connectivity index (χ4v) is 2.24. The van der Waals surface area contributed by atoms with Gasteiger partial charge in [0, 0.05) is 18.7 Å². The second kappa shape index (κ2) is 5.74. The van der Waals surface area contributed by atoms with Crippen molar-refractivity contribution < 1.29 is 9.47 Å². The van der Waals surface area contributed by atoms with Crippen LogP contribution in [-0.4, -0.2) is 19.8 Å². The van der Waals surface area contributed by atoms with E-state index in [0.29, 0.717) is 18.9 Å². The number of benzene rings is 2. The number of ether oxygens (including phenoxy) is 2. The van der Waals surface area contributed by atoms with Gasteiger partial charge in [0.25, 0.3) is 0 Å². The molecule has 3 rings (SSSR count). The summed E-state index contributed by atoms with van der Waals surface area (Å²) in [7, 11) is 0. The highest BCUT2D eigenvalue weighted by Crippen LogP contribution is 2.36. The summed E-state index contributed by atoms with van der Waals surface area (Å²) in [4.78, 5) is 0. The van der Waals surface area contributed by atoms with Crippen LogP contribution in [0.3, 0.4) is 0 Å². The van der Waals surface area contributed by atoms with Gasteiger partial charge >= 0.3 is 0 Å². The van der Waals surface area contributed by atoms with Crippen LogP contribution in [0.15, 0.2) is 42.5 Å². The largest absolute Gasteiger partial charge is 0.486 e. The van der Waals surface area contributed by atoms with Crippen molar-refractivity contribution in [3.8, 4) is 11.5 Å². The van der Waals surface area contributed by atoms with E-state index < -0.39 is 0 Å². The van der Waals surface area contributed by atoms with Crippen molar-refractivity contribution in [2.75, 3.05) is 30.8 Å². The average molecular weight is 270 g/mol. The highest BCUT2D eigenvalue weighted by atomic mass is 16.6. The fraction of sp³-hybridized carbons (Fsp3) is 0.250. The van der Waals surface area contributed by atoms with E-state index in [2.05, 4.69) is 17.4 Å². The molecule has 1 aliphatic heterocycles. The molecule has 4 nitrogen and oxygen atoms in total. The molecular formula is C16H18N2O2. The monoisotopic (exact) mass is 270 g/mol. The summed E-state index contributed by atoms with van der Waals surface area (Å²) in [6, 6.07) is 14.1. The zero-order valence-electron chi connectivity index (χ0n) is 11.3. The van der Waals surface area contributed by atoms with Crippen LogP contribution >= 0.6 is 0 Å². The van der Waals surface area contributed by atoms with Gasteiger partial charge in [-0.3, -0.25) is 0 Å². The van der Waals surface area contributed by atoms with Crippen LogP contribution < -0.4 is 20.5 Å². The molecule has 0 fully saturated rings. The molecule has 2 aromatic carbocycles. The molecule has 0 aromatic heterocycles. The molecule has 4 heteroatoms. The molecule has 0 aliphatic carbocycles. The van der Waals surface area contributed by atoms with Crippen molar-refractivity contribution in [3.05, 3.63) is 48.0 Å². The SMILES string of the molecule is Nc1cc2c(cc1NCCc1ccccc1)OCCO2. The number of nitrogens with one attached hydrogen (secondary N) is 1. The van der Waals surface area contributed by atoms with Crippen LogP contribution in [0.2, 0.25) is 0 Å². The Hall–Kier alpha value is -2.36. The van der Waals surface area contributed by atoms with Gasteiger partial charge in [0.15, 0.2) is 11.5 Å². The van der Waals surface area contributed by atoms with Gasteiger partial charge in [-0.15, -0.1) is 0 Å². The molecule has 0 radical (unpaired) electrons. The number of rotatable bonds is 4. The molecule has 0 spiro atoms. The van der Waals surface area contributed by atoms with Crippen molar-refractivity contribution in [1.29, 1.82) is 0 Å². The predicted octanol–water partition coefficient (Wildman–Crippen LogP) is 2.69. The summed E-state index contributed by atoms with van der Waals surface area (Å²) in [5.74, 6) is 1.48. The van der Waals surface area contributed by atoms with E-state index in [-0.39, 0.29) is 0 Å². The first-order valence-electron chi connectivity index (χ1n) is 6.80. The summed E-state index contributed by atoms with van der Waals surface area (Å²) in [6.45, 7) is 1.99. The lowest BCUT2D eigenvalue weighted by molar-refractivity contribution is 0.172. The summed E-state index contributed by atoms with van der Waals surface area (Å²) in [6.07, 6.45) is 0.953. The molecule has 0 amide bonds. The van der Waals surface area contributed by atoms with Crippen molar-refractivity contribution in [1.82, 2.24) is 0 Å². The Bertz CT molecular complexity index is 585. The minimum atomic E-state index is 0.577. The molecular weight excluding hydrogens is 252 g/mol. The Morgan fingerprint density at radius 2 is 1.70 bits per heavy atom. The van der Waals surface area contributed by atoms with Gasteiger partial charge in [-0.1, -0.05) is 30.3 Å². The van der Waals surface area contributed by atoms with Crippen molar-refractivity contribution in [2.45, 2.75) is 6.42 Å². The maximum absolute atomic E-state index is 6.03. The van der Waals surface area contributed by atoms with E-state index in [1.165, 1.54) is 5.56 Å². The molecule has 104 valence electrons. The van der Waals surface area contributed by atoms with E-state index in [1.54, 1.807) is 0 Å². The Labute approximate surface area is 118 Å². The highest BCUT2D eigenvalue weighted by Gasteiger charge is 2.14. The Balaban J connectivity index is 1.65. The fourth-order valence-electron chi connectivity index (χ4n) is 2.24. The van der Waals surface area contributed by atoms with E-state index in [0.717, 1.165) is 30.2 Å². The molecule has 0 saturated heterocycles. The van der Waals surface area contributed by atoms with Crippen molar-refractivity contribution >= 4 is 11.4 Å². The molecule has 20 heavy (non-hydrogen) atoms. The third kappa shape index (κ3) is 2.79. The quantitative estimate of drug-likeness (QED) is 0.839. The molecule has 2 aromatic rings. The normalized spacial score (nSPS) is 13.0. The summed E-state index contributed by atoms with van der Waals surface area (Å²) in [5, 5.41) is 3.35. The molecule has 1 heterocycles. The zero-order valence-corrected chi connectivity index (χ0v) is 11.3. The standard InChI is InChI=1S/C16H18N2O2/c17-13-10-15-16(20-9-8-19-15)11-14(13)18-7-6-12-4-2-1-3-5-12/h1-5,10-11,18H,6-9,17H2. The van der Waals surface area contributed by atoms with Crippen LogP contribution in [0.5, 0.6) is 11.5 Å². The minimum absolute atomic E-state index is 0.577. The number of anilines is 2. The number of hydrogen-bond acceptors (Lipinski definition) is 4. The van der Waals surface area contributed by atoms with Crippen LogP contribution in [0.25, 0.3) is 0 Å². The van der Waals surface area contributed by atoms with Gasteiger partial charge in [-0.2, -0.15) is 0 Å². The van der Waals surface area contributed by atoms with Crippen LogP contribution in [0, 0.1) is 0 Å². The van der Waals surface area contributed by atoms with Gasteiger partial charge in [-0.25, -0.2) is 0 Å². The number of nitrogen functional groups attached to an aromatic ring is 1. The average Bonchev–Trinajstić information content (AvgIpc) is 2.49. The first-order chi connectivity index (χ1) is 9.83.